The first-order chi connectivity index (χ1) is 10.2. The summed E-state index contributed by atoms with van der Waals surface area (Å²) in [7, 11) is 0. The fourth-order valence-electron chi connectivity index (χ4n) is 3.67. The van der Waals surface area contributed by atoms with Crippen molar-refractivity contribution in [1.29, 1.82) is 0 Å². The van der Waals surface area contributed by atoms with E-state index < -0.39 is 0 Å². The molecule has 0 radical (unpaired) electrons. The standard InChI is InChI=1S/C17H23N3O2/c1-16(2)6-12-10(14(8-16)19-21)5-11-13(18-12)7-17(3,4)9-15(11)20-22/h5,21-22H,6-9H2,1-4H3/b19-14-,20-15-. The highest BCUT2D eigenvalue weighted by Crippen LogP contribution is 2.39. The number of pyridine rings is 1. The molecule has 0 saturated heterocycles. The molecule has 3 rings (SSSR count). The summed E-state index contributed by atoms with van der Waals surface area (Å²) in [4.78, 5) is 4.86. The number of rotatable bonds is 0. The molecular weight excluding hydrogens is 278 g/mol. The van der Waals surface area contributed by atoms with Crippen LogP contribution in [-0.2, 0) is 12.8 Å². The highest BCUT2D eigenvalue weighted by Gasteiger charge is 2.36. The van der Waals surface area contributed by atoms with E-state index in [1.54, 1.807) is 0 Å². The Morgan fingerprint density at radius 3 is 1.59 bits per heavy atom. The lowest BCUT2D eigenvalue weighted by molar-refractivity contribution is 0.303. The summed E-state index contributed by atoms with van der Waals surface area (Å²) in [6, 6.07) is 1.99. The Labute approximate surface area is 130 Å². The zero-order chi connectivity index (χ0) is 16.1. The van der Waals surface area contributed by atoms with Gasteiger partial charge < -0.3 is 10.4 Å². The van der Waals surface area contributed by atoms with Crippen molar-refractivity contribution in [2.45, 2.75) is 53.4 Å². The van der Waals surface area contributed by atoms with Crippen LogP contribution in [0.4, 0.5) is 0 Å². The number of fused-ring (bicyclic) bond motifs is 2. The van der Waals surface area contributed by atoms with Crippen LogP contribution in [0.5, 0.6) is 0 Å². The van der Waals surface area contributed by atoms with Gasteiger partial charge in [0.2, 0.25) is 0 Å². The SMILES string of the molecule is CC1(C)C/C(=N/O)c2cc3c(nc2C1)CC(C)(C)C/C3=N/O. The number of hydrogen-bond acceptors (Lipinski definition) is 5. The fourth-order valence-corrected chi connectivity index (χ4v) is 3.67. The highest BCUT2D eigenvalue weighted by atomic mass is 16.4. The molecule has 2 aliphatic rings. The highest BCUT2D eigenvalue weighted by molar-refractivity contribution is 6.07. The minimum absolute atomic E-state index is 0.0356. The molecule has 0 unspecified atom stereocenters. The molecule has 2 aliphatic carbocycles. The lowest BCUT2D eigenvalue weighted by Crippen LogP contribution is -2.33. The van der Waals surface area contributed by atoms with Crippen molar-refractivity contribution in [2.75, 3.05) is 0 Å². The predicted molar refractivity (Wildman–Crippen MR) is 85.1 cm³/mol. The van der Waals surface area contributed by atoms with E-state index in [9.17, 15) is 10.4 Å². The average molecular weight is 301 g/mol. The van der Waals surface area contributed by atoms with Gasteiger partial charge in [-0.1, -0.05) is 38.0 Å². The van der Waals surface area contributed by atoms with E-state index in [2.05, 4.69) is 38.0 Å². The van der Waals surface area contributed by atoms with Crippen LogP contribution >= 0.6 is 0 Å². The first kappa shape index (κ1) is 15.0. The number of nitrogens with zero attached hydrogens (tertiary/aromatic N) is 3. The van der Waals surface area contributed by atoms with Gasteiger partial charge in [-0.25, -0.2) is 0 Å². The Morgan fingerprint density at radius 1 is 0.818 bits per heavy atom. The van der Waals surface area contributed by atoms with Crippen LogP contribution in [0.25, 0.3) is 0 Å². The monoisotopic (exact) mass is 301 g/mol. The van der Waals surface area contributed by atoms with Crippen LogP contribution in [0, 0.1) is 10.8 Å². The number of hydrogen-bond donors (Lipinski definition) is 2. The van der Waals surface area contributed by atoms with Crippen molar-refractivity contribution in [3.63, 3.8) is 0 Å². The first-order valence-electron chi connectivity index (χ1n) is 7.70. The Bertz CT molecular complexity index is 632. The van der Waals surface area contributed by atoms with Gasteiger partial charge in [-0.3, -0.25) is 4.98 Å². The number of oxime groups is 2. The van der Waals surface area contributed by atoms with Crippen molar-refractivity contribution >= 4 is 11.4 Å². The third-order valence-electron chi connectivity index (χ3n) is 4.63. The lowest BCUT2D eigenvalue weighted by Gasteiger charge is -2.35. The van der Waals surface area contributed by atoms with E-state index in [0.717, 1.165) is 35.4 Å². The molecule has 0 atom stereocenters. The Balaban J connectivity index is 2.18. The molecule has 1 aromatic rings. The average Bonchev–Trinajstić information content (AvgIpc) is 2.41. The molecule has 0 aromatic carbocycles. The third-order valence-corrected chi connectivity index (χ3v) is 4.63. The van der Waals surface area contributed by atoms with Crippen molar-refractivity contribution in [2.24, 2.45) is 21.1 Å². The van der Waals surface area contributed by atoms with Crippen LogP contribution in [0.3, 0.4) is 0 Å². The smallest absolute Gasteiger partial charge is 0.0891 e. The van der Waals surface area contributed by atoms with Gasteiger partial charge in [-0.05, 0) is 42.6 Å². The van der Waals surface area contributed by atoms with Crippen molar-refractivity contribution < 1.29 is 10.4 Å². The van der Waals surface area contributed by atoms with E-state index in [1.807, 2.05) is 6.07 Å². The van der Waals surface area contributed by atoms with Gasteiger partial charge in [0.05, 0.1) is 22.8 Å². The second-order valence-electron chi connectivity index (χ2n) is 8.11. The van der Waals surface area contributed by atoms with Crippen LogP contribution in [0.1, 0.15) is 63.1 Å². The predicted octanol–water partition coefficient (Wildman–Crippen LogP) is 3.38. The van der Waals surface area contributed by atoms with Crippen molar-refractivity contribution in [1.82, 2.24) is 4.98 Å². The largest absolute Gasteiger partial charge is 0.411 e. The molecule has 1 heterocycles. The van der Waals surface area contributed by atoms with Crippen LogP contribution in [0.15, 0.2) is 16.4 Å². The molecule has 0 fully saturated rings. The molecule has 5 heteroatoms. The van der Waals surface area contributed by atoms with Gasteiger partial charge in [-0.15, -0.1) is 0 Å². The maximum absolute atomic E-state index is 9.36. The summed E-state index contributed by atoms with van der Waals surface area (Å²) in [5.41, 5.74) is 5.16. The molecule has 0 amide bonds. The number of aromatic nitrogens is 1. The van der Waals surface area contributed by atoms with Gasteiger partial charge >= 0.3 is 0 Å². The van der Waals surface area contributed by atoms with Gasteiger partial charge in [0.25, 0.3) is 0 Å². The first-order valence-corrected chi connectivity index (χ1v) is 7.70. The summed E-state index contributed by atoms with van der Waals surface area (Å²) in [5, 5.41) is 25.7. The minimum atomic E-state index is 0.0356. The van der Waals surface area contributed by atoms with E-state index in [1.165, 1.54) is 0 Å². The molecule has 0 saturated carbocycles. The van der Waals surface area contributed by atoms with Crippen molar-refractivity contribution in [3.8, 4) is 0 Å². The molecule has 0 bridgehead atoms. The van der Waals surface area contributed by atoms with Gasteiger partial charge in [-0.2, -0.15) is 0 Å². The summed E-state index contributed by atoms with van der Waals surface area (Å²) in [6.45, 7) is 8.64. The molecule has 2 N–H and O–H groups in total. The van der Waals surface area contributed by atoms with E-state index >= 15 is 0 Å². The molecule has 22 heavy (non-hydrogen) atoms. The molecule has 5 nitrogen and oxygen atoms in total. The maximum atomic E-state index is 9.36. The maximum Gasteiger partial charge on any atom is 0.0891 e. The van der Waals surface area contributed by atoms with Gasteiger partial charge in [0.15, 0.2) is 0 Å². The quantitative estimate of drug-likeness (QED) is 0.569. The topological polar surface area (TPSA) is 78.1 Å². The van der Waals surface area contributed by atoms with Crippen LogP contribution < -0.4 is 0 Å². The second kappa shape index (κ2) is 4.80. The van der Waals surface area contributed by atoms with Crippen LogP contribution in [0.2, 0.25) is 0 Å². The molecule has 0 spiro atoms. The Hall–Kier alpha value is -1.91. The summed E-state index contributed by atoms with van der Waals surface area (Å²) >= 11 is 0. The van der Waals surface area contributed by atoms with E-state index in [0.29, 0.717) is 24.3 Å². The van der Waals surface area contributed by atoms with E-state index in [-0.39, 0.29) is 10.8 Å². The zero-order valence-electron chi connectivity index (χ0n) is 13.6. The van der Waals surface area contributed by atoms with Gasteiger partial charge in [0.1, 0.15) is 0 Å². The Kier molecular flexibility index (Phi) is 3.27. The molecule has 0 aliphatic heterocycles. The summed E-state index contributed by atoms with van der Waals surface area (Å²) in [5.74, 6) is 0. The molecule has 118 valence electrons. The Morgan fingerprint density at radius 2 is 1.23 bits per heavy atom. The second-order valence-corrected chi connectivity index (χ2v) is 8.11. The van der Waals surface area contributed by atoms with Gasteiger partial charge in [0, 0.05) is 11.1 Å². The summed E-state index contributed by atoms with van der Waals surface area (Å²) < 4.78 is 0. The van der Waals surface area contributed by atoms with E-state index in [4.69, 9.17) is 4.98 Å². The third kappa shape index (κ3) is 2.49. The fraction of sp³-hybridized carbons (Fsp3) is 0.588. The minimum Gasteiger partial charge on any atom is -0.411 e. The molecule has 1 aromatic heterocycles. The van der Waals surface area contributed by atoms with Crippen molar-refractivity contribution in [3.05, 3.63) is 28.6 Å². The lowest BCUT2D eigenvalue weighted by atomic mass is 9.72. The molecular formula is C17H23N3O2. The summed E-state index contributed by atoms with van der Waals surface area (Å²) in [6.07, 6.45) is 3.16. The van der Waals surface area contributed by atoms with Crippen LogP contribution in [-0.4, -0.2) is 26.8 Å². The zero-order valence-corrected chi connectivity index (χ0v) is 13.6. The normalized spacial score (nSPS) is 25.8.